The molecule has 2 N–H and O–H groups in total. The summed E-state index contributed by atoms with van der Waals surface area (Å²) in [6.45, 7) is 4.97. The minimum atomic E-state index is 0.0430. The first-order valence-electron chi connectivity index (χ1n) is 7.34. The molecule has 4 heterocycles. The van der Waals surface area contributed by atoms with Crippen LogP contribution in [0.5, 0.6) is 0 Å². The highest BCUT2D eigenvalue weighted by Gasteiger charge is 2.34. The van der Waals surface area contributed by atoms with Gasteiger partial charge in [0.05, 0.1) is 12.3 Å². The molecule has 7 nitrogen and oxygen atoms in total. The highest BCUT2D eigenvalue weighted by molar-refractivity contribution is 5.65. The molecule has 112 valence electrons. The van der Waals surface area contributed by atoms with Crippen LogP contribution in [0.15, 0.2) is 18.5 Å². The molecule has 21 heavy (non-hydrogen) atoms. The van der Waals surface area contributed by atoms with Crippen LogP contribution < -0.4 is 5.73 Å². The van der Waals surface area contributed by atoms with Crippen molar-refractivity contribution in [2.24, 2.45) is 0 Å². The molecule has 7 heteroatoms. The zero-order valence-corrected chi connectivity index (χ0v) is 12.1. The van der Waals surface area contributed by atoms with Crippen LogP contribution in [0.1, 0.15) is 11.8 Å². The SMILES string of the molecule is CN1CCN2CC(c3ccc4c(N)ncnn34)OCC2C1. The van der Waals surface area contributed by atoms with E-state index in [0.29, 0.717) is 11.9 Å². The van der Waals surface area contributed by atoms with Gasteiger partial charge in [-0.1, -0.05) is 0 Å². The molecule has 0 bridgehead atoms. The number of anilines is 1. The summed E-state index contributed by atoms with van der Waals surface area (Å²) >= 11 is 0. The van der Waals surface area contributed by atoms with E-state index >= 15 is 0 Å². The van der Waals surface area contributed by atoms with Crippen molar-refractivity contribution in [3.05, 3.63) is 24.2 Å². The highest BCUT2D eigenvalue weighted by atomic mass is 16.5. The fourth-order valence-corrected chi connectivity index (χ4v) is 3.34. The summed E-state index contributed by atoms with van der Waals surface area (Å²) in [5.74, 6) is 0.504. The molecule has 2 fully saturated rings. The molecule has 0 amide bonds. The number of rotatable bonds is 1. The minimum Gasteiger partial charge on any atom is -0.382 e. The van der Waals surface area contributed by atoms with E-state index in [9.17, 15) is 0 Å². The van der Waals surface area contributed by atoms with Gasteiger partial charge in [0.15, 0.2) is 5.82 Å². The van der Waals surface area contributed by atoms with Gasteiger partial charge in [-0.05, 0) is 19.2 Å². The van der Waals surface area contributed by atoms with Crippen molar-refractivity contribution in [2.75, 3.05) is 45.6 Å². The van der Waals surface area contributed by atoms with Crippen molar-refractivity contribution >= 4 is 11.3 Å². The Kier molecular flexibility index (Phi) is 3.06. The molecule has 2 saturated heterocycles. The van der Waals surface area contributed by atoms with E-state index in [2.05, 4.69) is 26.9 Å². The Bertz CT molecular complexity index is 656. The lowest BCUT2D eigenvalue weighted by Gasteiger charge is -2.45. The maximum absolute atomic E-state index is 6.10. The number of nitrogen functional groups attached to an aromatic ring is 1. The van der Waals surface area contributed by atoms with E-state index in [-0.39, 0.29) is 6.10 Å². The third-order valence-corrected chi connectivity index (χ3v) is 4.54. The van der Waals surface area contributed by atoms with Crippen LogP contribution in [0.4, 0.5) is 5.82 Å². The van der Waals surface area contributed by atoms with Crippen molar-refractivity contribution < 1.29 is 4.74 Å². The van der Waals surface area contributed by atoms with Crippen molar-refractivity contribution in [2.45, 2.75) is 12.1 Å². The predicted octanol–water partition coefficient (Wildman–Crippen LogP) is -0.00120. The number of ether oxygens (including phenoxy) is 1. The van der Waals surface area contributed by atoms with Gasteiger partial charge in [-0.25, -0.2) is 9.50 Å². The standard InChI is InChI=1S/C14H20N6O/c1-18-4-5-19-7-13(21-8-10(19)6-18)11-2-3-12-14(15)16-9-17-20(11)12/h2-3,9-10,13H,4-8H2,1H3,(H2,15,16,17). The third-order valence-electron chi connectivity index (χ3n) is 4.54. The number of piperazine rings is 1. The Morgan fingerprint density at radius 3 is 3.10 bits per heavy atom. The lowest BCUT2D eigenvalue weighted by molar-refractivity contribution is -0.0891. The minimum absolute atomic E-state index is 0.0430. The van der Waals surface area contributed by atoms with Crippen molar-refractivity contribution in [3.63, 3.8) is 0 Å². The van der Waals surface area contributed by atoms with Gasteiger partial charge in [-0.2, -0.15) is 5.10 Å². The van der Waals surface area contributed by atoms with Crippen molar-refractivity contribution in [3.8, 4) is 0 Å². The Hall–Kier alpha value is -1.70. The molecule has 2 unspecified atom stereocenters. The average molecular weight is 288 g/mol. The molecule has 0 spiro atoms. The van der Waals surface area contributed by atoms with Gasteiger partial charge in [0.25, 0.3) is 0 Å². The number of morpholine rings is 1. The first-order valence-corrected chi connectivity index (χ1v) is 7.34. The third kappa shape index (κ3) is 2.17. The molecule has 2 aromatic rings. The summed E-state index contributed by atoms with van der Waals surface area (Å²) in [5, 5.41) is 4.31. The van der Waals surface area contributed by atoms with E-state index in [1.807, 2.05) is 16.6 Å². The molecule has 2 aliphatic heterocycles. The summed E-state index contributed by atoms with van der Waals surface area (Å²) in [6.07, 6.45) is 1.54. The van der Waals surface area contributed by atoms with Crippen LogP contribution >= 0.6 is 0 Å². The number of aromatic nitrogens is 3. The Labute approximate surface area is 123 Å². The second-order valence-electron chi connectivity index (χ2n) is 5.93. The average Bonchev–Trinajstić information content (AvgIpc) is 2.92. The predicted molar refractivity (Wildman–Crippen MR) is 79.0 cm³/mol. The topological polar surface area (TPSA) is 71.9 Å². The van der Waals surface area contributed by atoms with Gasteiger partial charge in [-0.3, -0.25) is 4.90 Å². The molecule has 4 rings (SSSR count). The Balaban J connectivity index is 1.61. The number of hydrogen-bond acceptors (Lipinski definition) is 6. The number of likely N-dealkylation sites (N-methyl/N-ethyl adjacent to an activating group) is 1. The van der Waals surface area contributed by atoms with Gasteiger partial charge >= 0.3 is 0 Å². The molecule has 2 atom stereocenters. The Morgan fingerprint density at radius 2 is 2.19 bits per heavy atom. The van der Waals surface area contributed by atoms with Crippen LogP contribution in [-0.2, 0) is 4.74 Å². The Morgan fingerprint density at radius 1 is 1.29 bits per heavy atom. The molecule has 0 aliphatic carbocycles. The van der Waals surface area contributed by atoms with Gasteiger partial charge < -0.3 is 15.4 Å². The first kappa shape index (κ1) is 13.0. The molecule has 2 aromatic heterocycles. The number of fused-ring (bicyclic) bond motifs is 2. The lowest BCUT2D eigenvalue weighted by Crippen LogP contribution is -2.57. The van der Waals surface area contributed by atoms with Gasteiger partial charge in [0.2, 0.25) is 0 Å². The van der Waals surface area contributed by atoms with E-state index in [1.54, 1.807) is 0 Å². The summed E-state index contributed by atoms with van der Waals surface area (Å²) < 4.78 is 7.95. The smallest absolute Gasteiger partial charge is 0.151 e. The molecule has 2 aliphatic rings. The van der Waals surface area contributed by atoms with Gasteiger partial charge in [0, 0.05) is 32.2 Å². The zero-order valence-electron chi connectivity index (χ0n) is 12.1. The molecule has 0 radical (unpaired) electrons. The lowest BCUT2D eigenvalue weighted by atomic mass is 10.1. The van der Waals surface area contributed by atoms with E-state index in [1.165, 1.54) is 6.33 Å². The normalized spacial score (nSPS) is 27.9. The zero-order chi connectivity index (χ0) is 14.4. The fourth-order valence-electron chi connectivity index (χ4n) is 3.34. The van der Waals surface area contributed by atoms with Crippen LogP contribution in [-0.4, -0.2) is 70.3 Å². The summed E-state index contributed by atoms with van der Waals surface area (Å²) in [6, 6.07) is 4.51. The highest BCUT2D eigenvalue weighted by Crippen LogP contribution is 2.28. The maximum atomic E-state index is 6.10. The van der Waals surface area contributed by atoms with Crippen molar-refractivity contribution in [1.29, 1.82) is 0 Å². The van der Waals surface area contributed by atoms with Crippen LogP contribution in [0.2, 0.25) is 0 Å². The quantitative estimate of drug-likeness (QED) is 0.796. The molecule has 0 aromatic carbocycles. The largest absolute Gasteiger partial charge is 0.382 e. The fraction of sp³-hybridized carbons (Fsp3) is 0.571. The van der Waals surface area contributed by atoms with E-state index in [0.717, 1.165) is 44.0 Å². The molecular formula is C14H20N6O. The monoisotopic (exact) mass is 288 g/mol. The van der Waals surface area contributed by atoms with Gasteiger partial charge in [0.1, 0.15) is 17.9 Å². The van der Waals surface area contributed by atoms with Crippen LogP contribution in [0, 0.1) is 0 Å². The van der Waals surface area contributed by atoms with E-state index < -0.39 is 0 Å². The second kappa shape index (κ2) is 4.94. The molecule has 0 saturated carbocycles. The first-order chi connectivity index (χ1) is 10.2. The van der Waals surface area contributed by atoms with Crippen molar-refractivity contribution in [1.82, 2.24) is 24.4 Å². The summed E-state index contributed by atoms with van der Waals surface area (Å²) in [7, 11) is 2.17. The van der Waals surface area contributed by atoms with E-state index in [4.69, 9.17) is 10.5 Å². The number of nitrogens with two attached hydrogens (primary N) is 1. The van der Waals surface area contributed by atoms with Crippen LogP contribution in [0.25, 0.3) is 5.52 Å². The number of hydrogen-bond donors (Lipinski definition) is 1. The number of nitrogens with zero attached hydrogens (tertiary/aromatic N) is 5. The molecular weight excluding hydrogens is 268 g/mol. The summed E-state index contributed by atoms with van der Waals surface area (Å²) in [4.78, 5) is 8.92. The maximum Gasteiger partial charge on any atom is 0.151 e. The second-order valence-corrected chi connectivity index (χ2v) is 5.93. The van der Waals surface area contributed by atoms with Crippen LogP contribution in [0.3, 0.4) is 0 Å². The summed E-state index contributed by atoms with van der Waals surface area (Å²) in [5.41, 5.74) is 7.79. The van der Waals surface area contributed by atoms with Gasteiger partial charge in [-0.15, -0.1) is 0 Å².